The molecule has 0 bridgehead atoms. The number of benzene rings is 2. The highest BCUT2D eigenvalue weighted by Gasteiger charge is 2.23. The Morgan fingerprint density at radius 3 is 2.52 bits per heavy atom. The van der Waals surface area contributed by atoms with E-state index >= 15 is 0 Å². The van der Waals surface area contributed by atoms with E-state index in [0.717, 1.165) is 35.4 Å². The van der Waals surface area contributed by atoms with Crippen LogP contribution in [0.25, 0.3) is 0 Å². The van der Waals surface area contributed by atoms with E-state index in [-0.39, 0.29) is 12.0 Å². The fourth-order valence-electron chi connectivity index (χ4n) is 4.10. The van der Waals surface area contributed by atoms with Gasteiger partial charge in [0.25, 0.3) is 0 Å². The fourth-order valence-corrected chi connectivity index (χ4v) is 4.10. The molecule has 1 N–H and O–H groups in total. The zero-order valence-electron chi connectivity index (χ0n) is 19.0. The van der Waals surface area contributed by atoms with Crippen molar-refractivity contribution in [1.82, 2.24) is 5.01 Å². The monoisotopic (exact) mass is 451 g/mol. The molecular formula is C25H29N3O5. The fraction of sp³-hybridized carbons (Fsp3) is 0.400. The van der Waals surface area contributed by atoms with Gasteiger partial charge < -0.3 is 14.2 Å². The third kappa shape index (κ3) is 5.63. The summed E-state index contributed by atoms with van der Waals surface area (Å²) in [7, 11) is 2.95. The Morgan fingerprint density at radius 2 is 1.82 bits per heavy atom. The number of carbonyl (C=O) groups is 2. The molecule has 1 aliphatic heterocycles. The van der Waals surface area contributed by atoms with E-state index in [1.807, 2.05) is 30.3 Å². The number of hydrogen-bond donors (Lipinski definition) is 1. The van der Waals surface area contributed by atoms with E-state index in [4.69, 9.17) is 9.47 Å². The van der Waals surface area contributed by atoms with Crippen molar-refractivity contribution >= 4 is 23.4 Å². The summed E-state index contributed by atoms with van der Waals surface area (Å²) < 4.78 is 16.3. The smallest absolute Gasteiger partial charge is 0.411 e. The number of hydrogen-bond acceptors (Lipinski definition) is 6. The van der Waals surface area contributed by atoms with E-state index in [9.17, 15) is 9.59 Å². The topological polar surface area (TPSA) is 89.5 Å². The predicted molar refractivity (Wildman–Crippen MR) is 125 cm³/mol. The lowest BCUT2D eigenvalue weighted by molar-refractivity contribution is -0.132. The number of hydrazone groups is 1. The minimum Gasteiger partial charge on any atom is -0.493 e. The first kappa shape index (κ1) is 22.6. The van der Waals surface area contributed by atoms with E-state index < -0.39 is 6.09 Å². The molecule has 1 fully saturated rings. The molecule has 2 aromatic carbocycles. The van der Waals surface area contributed by atoms with Gasteiger partial charge in [0.15, 0.2) is 11.5 Å². The van der Waals surface area contributed by atoms with Gasteiger partial charge >= 0.3 is 6.09 Å². The molecule has 4 rings (SSSR count). The molecule has 0 spiro atoms. The van der Waals surface area contributed by atoms with E-state index in [1.165, 1.54) is 25.0 Å². The number of amides is 2. The van der Waals surface area contributed by atoms with E-state index in [2.05, 4.69) is 15.2 Å². The molecule has 0 aromatic heterocycles. The van der Waals surface area contributed by atoms with Gasteiger partial charge in [-0.1, -0.05) is 12.1 Å². The van der Waals surface area contributed by atoms with Crippen LogP contribution in [0, 0.1) is 0 Å². The molecule has 33 heavy (non-hydrogen) atoms. The zero-order chi connectivity index (χ0) is 23.2. The van der Waals surface area contributed by atoms with Crippen LogP contribution in [0.3, 0.4) is 0 Å². The predicted octanol–water partition coefficient (Wildman–Crippen LogP) is 4.72. The summed E-state index contributed by atoms with van der Waals surface area (Å²) in [5, 5.41) is 8.77. The molecule has 0 radical (unpaired) electrons. The lowest BCUT2D eigenvalue weighted by atomic mass is 10.0. The second-order valence-corrected chi connectivity index (χ2v) is 8.20. The highest BCUT2D eigenvalue weighted by atomic mass is 16.5. The summed E-state index contributed by atoms with van der Waals surface area (Å²) >= 11 is 0. The number of rotatable bonds is 7. The van der Waals surface area contributed by atoms with Gasteiger partial charge in [-0.15, -0.1) is 0 Å². The minimum absolute atomic E-state index is 0.0218. The molecule has 2 aliphatic rings. The summed E-state index contributed by atoms with van der Waals surface area (Å²) in [6, 6.07) is 13.1. The molecule has 1 heterocycles. The quantitative estimate of drug-likeness (QED) is 0.658. The van der Waals surface area contributed by atoms with E-state index in [0.29, 0.717) is 30.8 Å². The van der Waals surface area contributed by atoms with Crippen LogP contribution in [0.4, 0.5) is 10.5 Å². The second-order valence-electron chi connectivity index (χ2n) is 8.20. The molecule has 8 heteroatoms. The van der Waals surface area contributed by atoms with Gasteiger partial charge in [-0.3, -0.25) is 10.1 Å². The highest BCUT2D eigenvalue weighted by molar-refractivity contribution is 6.04. The maximum atomic E-state index is 12.5. The lowest BCUT2D eigenvalue weighted by Crippen LogP contribution is -2.31. The number of ether oxygens (including phenoxy) is 3. The van der Waals surface area contributed by atoms with Crippen LogP contribution in [0.2, 0.25) is 0 Å². The van der Waals surface area contributed by atoms with Crippen LogP contribution in [-0.4, -0.2) is 43.0 Å². The third-order valence-corrected chi connectivity index (χ3v) is 5.92. The molecule has 2 amide bonds. The summed E-state index contributed by atoms with van der Waals surface area (Å²) in [6.07, 6.45) is 5.16. The number of methoxy groups -OCH3 is 2. The first-order valence-electron chi connectivity index (χ1n) is 11.2. The molecule has 0 saturated heterocycles. The second kappa shape index (κ2) is 10.4. The van der Waals surface area contributed by atoms with Gasteiger partial charge in [-0.25, -0.2) is 9.80 Å². The standard InChI is InChI=1S/C25H29N3O5/c1-31-22-13-9-18(15-23(22)33-20-5-3-4-6-20)21-12-14-24(29)28(27-21)16-17-7-10-19(11-8-17)26-25(30)32-2/h7-11,13,15,20H,3-6,12,14,16H2,1-2H3,(H,26,30). The largest absolute Gasteiger partial charge is 0.493 e. The average molecular weight is 452 g/mol. The van der Waals surface area contributed by atoms with Gasteiger partial charge in [-0.2, -0.15) is 5.10 Å². The van der Waals surface area contributed by atoms with Crippen LogP contribution < -0.4 is 14.8 Å². The lowest BCUT2D eigenvalue weighted by Gasteiger charge is -2.24. The number of anilines is 1. The third-order valence-electron chi connectivity index (χ3n) is 5.92. The van der Waals surface area contributed by atoms with Crippen molar-refractivity contribution in [1.29, 1.82) is 0 Å². The van der Waals surface area contributed by atoms with Crippen molar-refractivity contribution in [3.05, 3.63) is 53.6 Å². The number of nitrogens with one attached hydrogen (secondary N) is 1. The van der Waals surface area contributed by atoms with Crippen LogP contribution in [-0.2, 0) is 16.1 Å². The zero-order valence-corrected chi connectivity index (χ0v) is 19.0. The van der Waals surface area contributed by atoms with Crippen LogP contribution in [0.5, 0.6) is 11.5 Å². The van der Waals surface area contributed by atoms with Gasteiger partial charge in [0.05, 0.1) is 32.6 Å². The number of nitrogens with zero attached hydrogens (tertiary/aromatic N) is 2. The Kier molecular flexibility index (Phi) is 7.12. The van der Waals surface area contributed by atoms with Crippen LogP contribution >= 0.6 is 0 Å². The molecule has 174 valence electrons. The maximum Gasteiger partial charge on any atom is 0.411 e. The number of carbonyl (C=O) groups excluding carboxylic acids is 2. The molecule has 1 saturated carbocycles. The van der Waals surface area contributed by atoms with Crippen LogP contribution in [0.15, 0.2) is 47.6 Å². The molecule has 8 nitrogen and oxygen atoms in total. The van der Waals surface area contributed by atoms with Crippen molar-refractivity contribution in [2.45, 2.75) is 51.2 Å². The Bertz CT molecular complexity index is 1030. The van der Waals surface area contributed by atoms with Crippen molar-refractivity contribution in [2.75, 3.05) is 19.5 Å². The summed E-state index contributed by atoms with van der Waals surface area (Å²) in [5.41, 5.74) is 3.30. The normalized spacial score (nSPS) is 16.4. The van der Waals surface area contributed by atoms with Gasteiger partial charge in [0, 0.05) is 24.1 Å². The molecule has 2 aromatic rings. The van der Waals surface area contributed by atoms with Gasteiger partial charge in [-0.05, 0) is 61.6 Å². The molecule has 0 atom stereocenters. The van der Waals surface area contributed by atoms with Crippen molar-refractivity contribution in [3.8, 4) is 11.5 Å². The average Bonchev–Trinajstić information content (AvgIpc) is 3.34. The summed E-state index contributed by atoms with van der Waals surface area (Å²) in [6.45, 7) is 0.350. The minimum atomic E-state index is -0.529. The molecule has 0 unspecified atom stereocenters. The van der Waals surface area contributed by atoms with Gasteiger partial charge in [0.2, 0.25) is 5.91 Å². The highest BCUT2D eigenvalue weighted by Crippen LogP contribution is 2.33. The Labute approximate surface area is 193 Å². The van der Waals surface area contributed by atoms with Crippen molar-refractivity contribution < 1.29 is 23.8 Å². The first-order chi connectivity index (χ1) is 16.1. The summed E-state index contributed by atoms with van der Waals surface area (Å²) in [4.78, 5) is 23.9. The van der Waals surface area contributed by atoms with Crippen LogP contribution in [0.1, 0.15) is 49.7 Å². The molecular weight excluding hydrogens is 422 g/mol. The summed E-state index contributed by atoms with van der Waals surface area (Å²) in [5.74, 6) is 1.41. The van der Waals surface area contributed by atoms with E-state index in [1.54, 1.807) is 19.2 Å². The van der Waals surface area contributed by atoms with Gasteiger partial charge in [0.1, 0.15) is 0 Å². The van der Waals surface area contributed by atoms with Crippen molar-refractivity contribution in [2.24, 2.45) is 5.10 Å². The van der Waals surface area contributed by atoms with Crippen molar-refractivity contribution in [3.63, 3.8) is 0 Å². The maximum absolute atomic E-state index is 12.5. The SMILES string of the molecule is COC(=O)Nc1ccc(CN2N=C(c3ccc(OC)c(OC4CCCC4)c3)CCC2=O)cc1. The first-order valence-corrected chi connectivity index (χ1v) is 11.2. The Morgan fingerprint density at radius 1 is 1.06 bits per heavy atom. The Hall–Kier alpha value is -3.55. The molecule has 1 aliphatic carbocycles. The Balaban J connectivity index is 1.50.